The smallest absolute Gasteiger partial charge is 0.129 e. The highest BCUT2D eigenvalue weighted by Gasteiger charge is 2.32. The van der Waals surface area contributed by atoms with Crippen LogP contribution >= 0.6 is 0 Å². The molecule has 0 fully saturated rings. The topological polar surface area (TPSA) is 9.23 Å². The molecule has 0 saturated heterocycles. The third-order valence-corrected chi connectivity index (χ3v) is 4.08. The Kier molecular flexibility index (Phi) is 5.66. The second kappa shape index (κ2) is 7.53. The Morgan fingerprint density at radius 1 is 0.667 bits per heavy atom. The van der Waals surface area contributed by atoms with Gasteiger partial charge in [0.25, 0.3) is 0 Å². The Balaban J connectivity index is 0.000000487. The average molecular weight is 320 g/mol. The first-order valence-electron chi connectivity index (χ1n) is 8.97. The molecule has 1 aliphatic rings. The number of hydrogen-bond donors (Lipinski definition) is 0. The van der Waals surface area contributed by atoms with Crippen molar-refractivity contribution in [2.24, 2.45) is 0 Å². The highest BCUT2D eigenvalue weighted by atomic mass is 16.5. The van der Waals surface area contributed by atoms with Gasteiger partial charge in [-0.1, -0.05) is 70.2 Å². The van der Waals surface area contributed by atoms with Crippen LogP contribution in [0.15, 0.2) is 60.7 Å². The summed E-state index contributed by atoms with van der Waals surface area (Å²) in [5.41, 5.74) is 3.44. The minimum absolute atomic E-state index is 0.298. The molecule has 1 nitrogen and oxygen atoms in total. The highest BCUT2D eigenvalue weighted by Crippen LogP contribution is 2.46. The van der Waals surface area contributed by atoms with E-state index < -0.39 is 0 Å². The largest absolute Gasteiger partial charge is 0.482 e. The number of benzene rings is 3. The number of ether oxygens (including phenoxy) is 1. The van der Waals surface area contributed by atoms with Gasteiger partial charge in [0.15, 0.2) is 0 Å². The molecule has 1 heterocycles. The lowest BCUT2D eigenvalue weighted by Crippen LogP contribution is -2.29. The highest BCUT2D eigenvalue weighted by molar-refractivity contribution is 5.91. The maximum atomic E-state index is 6.19. The standard InChI is InChI=1S/C19H16O.2C2H6/c1-19(2)17-12-14-8-4-3-7-13(14)11-16(17)15-9-5-6-10-18(15)20-19;2*1-2/h3-12H,1-2H3;2*1-2H3. The van der Waals surface area contributed by atoms with E-state index in [4.69, 9.17) is 4.74 Å². The van der Waals surface area contributed by atoms with E-state index in [0.717, 1.165) is 5.75 Å². The molecule has 24 heavy (non-hydrogen) atoms. The van der Waals surface area contributed by atoms with Crippen molar-refractivity contribution in [3.8, 4) is 16.9 Å². The zero-order valence-electron chi connectivity index (χ0n) is 15.7. The molecule has 0 bridgehead atoms. The molecular formula is C23H28O. The van der Waals surface area contributed by atoms with Crippen molar-refractivity contribution in [2.75, 3.05) is 0 Å². The third kappa shape index (κ3) is 3.17. The van der Waals surface area contributed by atoms with Crippen molar-refractivity contribution >= 4 is 10.8 Å². The van der Waals surface area contributed by atoms with Crippen LogP contribution in [0.1, 0.15) is 47.1 Å². The van der Waals surface area contributed by atoms with Crippen LogP contribution in [0.3, 0.4) is 0 Å². The van der Waals surface area contributed by atoms with Crippen LogP contribution in [-0.2, 0) is 5.60 Å². The first kappa shape index (κ1) is 18.1. The number of fused-ring (bicyclic) bond motifs is 4. The Labute approximate surface area is 146 Å². The SMILES string of the molecule is CC.CC.CC1(C)Oc2ccccc2-c2cc3ccccc3cc21. The molecule has 126 valence electrons. The molecule has 0 aromatic heterocycles. The normalized spacial score (nSPS) is 13.2. The van der Waals surface area contributed by atoms with Crippen molar-refractivity contribution in [3.05, 3.63) is 66.2 Å². The maximum Gasteiger partial charge on any atom is 0.129 e. The Morgan fingerprint density at radius 3 is 1.88 bits per heavy atom. The molecule has 3 aromatic carbocycles. The molecule has 0 unspecified atom stereocenters. The molecule has 1 heteroatoms. The molecular weight excluding hydrogens is 292 g/mol. The zero-order valence-corrected chi connectivity index (χ0v) is 15.7. The van der Waals surface area contributed by atoms with E-state index in [1.54, 1.807) is 0 Å². The Bertz CT molecular complexity index is 815. The van der Waals surface area contributed by atoms with Crippen LogP contribution in [-0.4, -0.2) is 0 Å². The van der Waals surface area contributed by atoms with Crippen molar-refractivity contribution in [3.63, 3.8) is 0 Å². The van der Waals surface area contributed by atoms with E-state index in [9.17, 15) is 0 Å². The summed E-state index contributed by atoms with van der Waals surface area (Å²) in [6.45, 7) is 12.3. The second-order valence-electron chi connectivity index (χ2n) is 5.85. The second-order valence-corrected chi connectivity index (χ2v) is 5.85. The van der Waals surface area contributed by atoms with Gasteiger partial charge in [-0.15, -0.1) is 0 Å². The van der Waals surface area contributed by atoms with Crippen LogP contribution in [0.2, 0.25) is 0 Å². The van der Waals surface area contributed by atoms with Gasteiger partial charge in [-0.05, 0) is 48.4 Å². The average Bonchev–Trinajstić information content (AvgIpc) is 2.64. The van der Waals surface area contributed by atoms with E-state index in [1.165, 1.54) is 27.5 Å². The summed E-state index contributed by atoms with van der Waals surface area (Å²) in [5.74, 6) is 0.972. The van der Waals surface area contributed by atoms with Gasteiger partial charge in [0.05, 0.1) is 0 Å². The van der Waals surface area contributed by atoms with E-state index in [2.05, 4.69) is 68.4 Å². The lowest BCUT2D eigenvalue weighted by molar-refractivity contribution is 0.106. The van der Waals surface area contributed by atoms with Crippen LogP contribution in [0.25, 0.3) is 21.9 Å². The molecule has 0 saturated carbocycles. The number of para-hydroxylation sites is 1. The fraction of sp³-hybridized carbons (Fsp3) is 0.304. The zero-order chi connectivity index (χ0) is 17.7. The van der Waals surface area contributed by atoms with Gasteiger partial charge in [0.1, 0.15) is 11.4 Å². The van der Waals surface area contributed by atoms with Crippen LogP contribution in [0.4, 0.5) is 0 Å². The van der Waals surface area contributed by atoms with E-state index in [-0.39, 0.29) is 5.60 Å². The minimum atomic E-state index is -0.298. The van der Waals surface area contributed by atoms with Gasteiger partial charge in [0, 0.05) is 11.1 Å². The molecule has 0 atom stereocenters. The van der Waals surface area contributed by atoms with Crippen molar-refractivity contribution < 1.29 is 4.74 Å². The molecule has 0 amide bonds. The fourth-order valence-corrected chi connectivity index (χ4v) is 3.07. The molecule has 0 aliphatic carbocycles. The summed E-state index contributed by atoms with van der Waals surface area (Å²) in [7, 11) is 0. The van der Waals surface area contributed by atoms with Gasteiger partial charge in [-0.3, -0.25) is 0 Å². The number of rotatable bonds is 0. The Morgan fingerprint density at radius 2 is 1.21 bits per heavy atom. The molecule has 1 aliphatic heterocycles. The minimum Gasteiger partial charge on any atom is -0.482 e. The fourth-order valence-electron chi connectivity index (χ4n) is 3.07. The lowest BCUT2D eigenvalue weighted by atomic mass is 9.84. The van der Waals surface area contributed by atoms with Gasteiger partial charge < -0.3 is 4.74 Å². The molecule has 3 aromatic rings. The first-order valence-corrected chi connectivity index (χ1v) is 8.97. The molecule has 0 N–H and O–H groups in total. The van der Waals surface area contributed by atoms with Crippen molar-refractivity contribution in [1.82, 2.24) is 0 Å². The summed E-state index contributed by atoms with van der Waals surface area (Å²) in [4.78, 5) is 0. The Hall–Kier alpha value is -2.28. The molecule has 0 spiro atoms. The lowest BCUT2D eigenvalue weighted by Gasteiger charge is -2.35. The predicted octanol–water partition coefficient (Wildman–Crippen LogP) is 7.19. The first-order chi connectivity index (χ1) is 11.6. The summed E-state index contributed by atoms with van der Waals surface area (Å²) < 4.78 is 6.19. The van der Waals surface area contributed by atoms with Crippen LogP contribution < -0.4 is 4.74 Å². The van der Waals surface area contributed by atoms with Gasteiger partial charge >= 0.3 is 0 Å². The monoisotopic (exact) mass is 320 g/mol. The summed E-state index contributed by atoms with van der Waals surface area (Å²) in [6.07, 6.45) is 0. The van der Waals surface area contributed by atoms with Crippen LogP contribution in [0, 0.1) is 0 Å². The van der Waals surface area contributed by atoms with Crippen molar-refractivity contribution in [1.29, 1.82) is 0 Å². The molecule has 0 radical (unpaired) electrons. The summed E-state index contributed by atoms with van der Waals surface area (Å²) in [5, 5.41) is 2.54. The van der Waals surface area contributed by atoms with Gasteiger partial charge in [-0.25, -0.2) is 0 Å². The van der Waals surface area contributed by atoms with Crippen molar-refractivity contribution in [2.45, 2.75) is 47.1 Å². The van der Waals surface area contributed by atoms with E-state index >= 15 is 0 Å². The molecule has 4 rings (SSSR count). The third-order valence-electron chi connectivity index (χ3n) is 4.08. The van der Waals surface area contributed by atoms with Gasteiger partial charge in [-0.2, -0.15) is 0 Å². The quantitative estimate of drug-likeness (QED) is 0.426. The number of hydrogen-bond acceptors (Lipinski definition) is 1. The maximum absolute atomic E-state index is 6.19. The summed E-state index contributed by atoms with van der Waals surface area (Å²) in [6, 6.07) is 21.3. The van der Waals surface area contributed by atoms with E-state index in [1.807, 2.05) is 33.8 Å². The predicted molar refractivity (Wildman–Crippen MR) is 106 cm³/mol. The van der Waals surface area contributed by atoms with Gasteiger partial charge in [0.2, 0.25) is 0 Å². The van der Waals surface area contributed by atoms with Crippen LogP contribution in [0.5, 0.6) is 5.75 Å². The van der Waals surface area contributed by atoms with E-state index in [0.29, 0.717) is 0 Å². The summed E-state index contributed by atoms with van der Waals surface area (Å²) >= 11 is 0.